The third-order valence-corrected chi connectivity index (χ3v) is 4.88. The van der Waals surface area contributed by atoms with Crippen LogP contribution in [-0.2, 0) is 14.1 Å². The van der Waals surface area contributed by atoms with Crippen LogP contribution in [0.2, 0.25) is 19.1 Å². The number of hydrogen-bond acceptors (Lipinski definition) is 5. The molecule has 0 aromatic carbocycles. The third-order valence-electron chi connectivity index (χ3n) is 2.61. The summed E-state index contributed by atoms with van der Waals surface area (Å²) in [6.45, 7) is 13.5. The lowest BCUT2D eigenvalue weighted by atomic mass is 10.2. The predicted octanol–water partition coefficient (Wildman–Crippen LogP) is 2.83. The van der Waals surface area contributed by atoms with E-state index in [9.17, 15) is 4.79 Å². The first-order valence-electron chi connectivity index (χ1n) is 6.94. The summed E-state index contributed by atoms with van der Waals surface area (Å²) in [5, 5.41) is 1.16. The lowest BCUT2D eigenvalue weighted by Gasteiger charge is -2.32. The minimum absolute atomic E-state index is 0.365. The number of carbonyl (C=O) groups excluding carboxylic acids is 1. The first kappa shape index (κ1) is 18.6. The zero-order chi connectivity index (χ0) is 15.3. The Hall–Kier alpha value is -0.433. The second kappa shape index (κ2) is 7.38. The predicted molar refractivity (Wildman–Crippen MR) is 79.6 cm³/mol. The van der Waals surface area contributed by atoms with Crippen molar-refractivity contribution in [1.82, 2.24) is 5.17 Å². The highest BCUT2D eigenvalue weighted by Gasteiger charge is 2.31. The molecular formula is C13H30N2O3Si. The largest absolute Gasteiger partial charge is 0.459 e. The molecule has 0 radical (unpaired) electrons. The lowest BCUT2D eigenvalue weighted by molar-refractivity contribution is -0.178. The molecule has 0 aromatic heterocycles. The van der Waals surface area contributed by atoms with Gasteiger partial charge in [-0.3, -0.25) is 4.79 Å². The van der Waals surface area contributed by atoms with E-state index in [1.807, 2.05) is 20.8 Å². The SMILES string of the molecule is CCCC[Si](C)(C)ON(N)C(C)C(=O)OC(C)(C)C. The number of rotatable bonds is 7. The standard InChI is InChI=1S/C13H30N2O3Si/c1-8-9-10-19(6,7)18-15(14)11(2)12(16)17-13(3,4)5/h11H,8-10,14H2,1-7H3. The van der Waals surface area contributed by atoms with E-state index < -0.39 is 20.0 Å². The van der Waals surface area contributed by atoms with Gasteiger partial charge >= 0.3 is 5.97 Å². The monoisotopic (exact) mass is 290 g/mol. The Bertz CT molecular complexity index is 290. The van der Waals surface area contributed by atoms with Crippen molar-refractivity contribution in [2.75, 3.05) is 0 Å². The van der Waals surface area contributed by atoms with Crippen molar-refractivity contribution in [2.45, 2.75) is 78.2 Å². The van der Waals surface area contributed by atoms with Crippen molar-refractivity contribution in [2.24, 2.45) is 5.84 Å². The molecule has 0 amide bonds. The molecule has 2 N–H and O–H groups in total. The van der Waals surface area contributed by atoms with Crippen LogP contribution < -0.4 is 5.84 Å². The summed E-state index contributed by atoms with van der Waals surface area (Å²) in [7, 11) is -1.86. The maximum atomic E-state index is 11.9. The first-order chi connectivity index (χ1) is 8.48. The number of hydroxylamine groups is 1. The topological polar surface area (TPSA) is 64.8 Å². The molecular weight excluding hydrogens is 260 g/mol. The number of carbonyl (C=O) groups is 1. The second-order valence-corrected chi connectivity index (χ2v) is 10.7. The number of hydrazine groups is 1. The van der Waals surface area contributed by atoms with Gasteiger partial charge in [-0.25, -0.2) is 5.84 Å². The van der Waals surface area contributed by atoms with Gasteiger partial charge in [-0.1, -0.05) is 19.8 Å². The van der Waals surface area contributed by atoms with E-state index in [-0.39, 0.29) is 5.97 Å². The van der Waals surface area contributed by atoms with Crippen LogP contribution in [-0.4, -0.2) is 31.1 Å². The number of hydrogen-bond donors (Lipinski definition) is 1. The van der Waals surface area contributed by atoms with Gasteiger partial charge in [-0.05, 0) is 46.8 Å². The molecule has 5 nitrogen and oxygen atoms in total. The summed E-state index contributed by atoms with van der Waals surface area (Å²) in [6, 6.07) is 0.422. The third kappa shape index (κ3) is 8.36. The number of ether oxygens (including phenoxy) is 1. The highest BCUT2D eigenvalue weighted by Crippen LogP contribution is 2.17. The molecule has 0 rings (SSSR count). The summed E-state index contributed by atoms with van der Waals surface area (Å²) < 4.78 is 11.1. The van der Waals surface area contributed by atoms with Crippen molar-refractivity contribution in [1.29, 1.82) is 0 Å². The van der Waals surface area contributed by atoms with E-state index >= 15 is 0 Å². The zero-order valence-electron chi connectivity index (χ0n) is 13.4. The van der Waals surface area contributed by atoms with Gasteiger partial charge in [0.05, 0.1) is 0 Å². The second-order valence-electron chi connectivity index (χ2n) is 6.52. The fourth-order valence-electron chi connectivity index (χ4n) is 1.50. The average Bonchev–Trinajstić information content (AvgIpc) is 2.22. The van der Waals surface area contributed by atoms with Gasteiger partial charge in [0.2, 0.25) is 8.32 Å². The van der Waals surface area contributed by atoms with Gasteiger partial charge in [0.1, 0.15) is 11.6 Å². The fourth-order valence-corrected chi connectivity index (χ4v) is 3.53. The first-order valence-corrected chi connectivity index (χ1v) is 10.1. The normalized spacial score (nSPS) is 14.6. The molecule has 1 unspecified atom stereocenters. The van der Waals surface area contributed by atoms with E-state index in [1.165, 1.54) is 0 Å². The van der Waals surface area contributed by atoms with Crippen LogP contribution in [0.5, 0.6) is 0 Å². The minimum atomic E-state index is -1.86. The summed E-state index contributed by atoms with van der Waals surface area (Å²) >= 11 is 0. The van der Waals surface area contributed by atoms with Crippen molar-refractivity contribution < 1.29 is 14.1 Å². The molecule has 1 atom stereocenters. The van der Waals surface area contributed by atoms with E-state index in [1.54, 1.807) is 6.92 Å². The Balaban J connectivity index is 4.40. The molecule has 6 heteroatoms. The van der Waals surface area contributed by atoms with Crippen LogP contribution in [0.1, 0.15) is 47.5 Å². The molecule has 0 aromatic rings. The molecule has 0 aliphatic rings. The molecule has 0 aliphatic carbocycles. The Morgan fingerprint density at radius 1 is 1.37 bits per heavy atom. The molecule has 0 aliphatic heterocycles. The fraction of sp³-hybridized carbons (Fsp3) is 0.923. The van der Waals surface area contributed by atoms with Crippen LogP contribution in [0.15, 0.2) is 0 Å². The molecule has 0 fully saturated rings. The maximum Gasteiger partial charge on any atom is 0.327 e. The smallest absolute Gasteiger partial charge is 0.327 e. The highest BCUT2D eigenvalue weighted by atomic mass is 28.4. The van der Waals surface area contributed by atoms with Crippen LogP contribution in [0.3, 0.4) is 0 Å². The molecule has 0 saturated heterocycles. The number of nitrogens with zero attached hydrogens (tertiary/aromatic N) is 1. The van der Waals surface area contributed by atoms with Gasteiger partial charge in [-0.15, -0.1) is 5.17 Å². The zero-order valence-corrected chi connectivity index (χ0v) is 14.4. The lowest BCUT2D eigenvalue weighted by Crippen LogP contribution is -2.51. The van der Waals surface area contributed by atoms with Crippen molar-refractivity contribution in [3.63, 3.8) is 0 Å². The van der Waals surface area contributed by atoms with Crippen molar-refractivity contribution in [3.05, 3.63) is 0 Å². The van der Waals surface area contributed by atoms with E-state index in [4.69, 9.17) is 15.1 Å². The quantitative estimate of drug-likeness (QED) is 0.338. The maximum absolute atomic E-state index is 11.9. The Morgan fingerprint density at radius 2 is 1.89 bits per heavy atom. The van der Waals surface area contributed by atoms with Gasteiger partial charge < -0.3 is 9.26 Å². The summed E-state index contributed by atoms with van der Waals surface area (Å²) in [5.41, 5.74) is -0.513. The van der Waals surface area contributed by atoms with Crippen LogP contribution in [0.4, 0.5) is 0 Å². The number of unbranched alkanes of at least 4 members (excludes halogenated alkanes) is 1. The van der Waals surface area contributed by atoms with Gasteiger partial charge in [-0.2, -0.15) is 0 Å². The van der Waals surface area contributed by atoms with E-state index in [2.05, 4.69) is 20.0 Å². The van der Waals surface area contributed by atoms with Gasteiger partial charge in [0, 0.05) is 0 Å². The van der Waals surface area contributed by atoms with Gasteiger partial charge in [0.25, 0.3) is 0 Å². The summed E-state index contributed by atoms with van der Waals surface area (Å²) in [4.78, 5) is 11.9. The molecule has 114 valence electrons. The Kier molecular flexibility index (Phi) is 7.21. The minimum Gasteiger partial charge on any atom is -0.459 e. The van der Waals surface area contributed by atoms with Crippen LogP contribution in [0.25, 0.3) is 0 Å². The van der Waals surface area contributed by atoms with Crippen molar-refractivity contribution in [3.8, 4) is 0 Å². The average molecular weight is 290 g/mol. The number of esters is 1. The Labute approximate surface area is 118 Å². The van der Waals surface area contributed by atoms with Crippen LogP contribution >= 0.6 is 0 Å². The van der Waals surface area contributed by atoms with Crippen LogP contribution in [0, 0.1) is 0 Å². The summed E-state index contributed by atoms with van der Waals surface area (Å²) in [6.07, 6.45) is 2.25. The molecule has 19 heavy (non-hydrogen) atoms. The summed E-state index contributed by atoms with van der Waals surface area (Å²) in [5.74, 6) is 5.47. The molecule has 0 heterocycles. The molecule has 0 spiro atoms. The van der Waals surface area contributed by atoms with E-state index in [0.29, 0.717) is 0 Å². The Morgan fingerprint density at radius 3 is 2.32 bits per heavy atom. The molecule has 0 saturated carbocycles. The number of nitrogens with two attached hydrogens (primary N) is 1. The molecule has 0 bridgehead atoms. The van der Waals surface area contributed by atoms with Crippen molar-refractivity contribution >= 4 is 14.3 Å². The van der Waals surface area contributed by atoms with E-state index in [0.717, 1.165) is 24.1 Å². The highest BCUT2D eigenvalue weighted by molar-refractivity contribution is 6.71. The van der Waals surface area contributed by atoms with Gasteiger partial charge in [0.15, 0.2) is 0 Å².